The topological polar surface area (TPSA) is 50.1 Å². The van der Waals surface area contributed by atoms with Gasteiger partial charge >= 0.3 is 5.97 Å². The van der Waals surface area contributed by atoms with E-state index >= 15 is 0 Å². The highest BCUT2D eigenvalue weighted by Gasteiger charge is 2.28. The summed E-state index contributed by atoms with van der Waals surface area (Å²) in [7, 11) is 0. The maximum absolute atomic E-state index is 12.2. The molecule has 0 radical (unpaired) electrons. The molecule has 0 fully saturated rings. The van der Waals surface area contributed by atoms with Crippen molar-refractivity contribution in [2.75, 3.05) is 6.61 Å². The summed E-state index contributed by atoms with van der Waals surface area (Å²) in [6.45, 7) is 3.79. The van der Waals surface area contributed by atoms with Gasteiger partial charge in [-0.05, 0) is 42.7 Å². The van der Waals surface area contributed by atoms with E-state index in [9.17, 15) is 10.1 Å². The number of nitriles is 1. The molecule has 23 heavy (non-hydrogen) atoms. The van der Waals surface area contributed by atoms with Gasteiger partial charge in [0.2, 0.25) is 0 Å². The van der Waals surface area contributed by atoms with E-state index in [0.717, 1.165) is 16.7 Å². The summed E-state index contributed by atoms with van der Waals surface area (Å²) in [6.07, 6.45) is 0. The zero-order valence-electron chi connectivity index (χ0n) is 13.1. The number of rotatable bonds is 5. The van der Waals surface area contributed by atoms with Crippen molar-refractivity contribution in [3.05, 3.63) is 59.1 Å². The summed E-state index contributed by atoms with van der Waals surface area (Å²) in [5.41, 5.74) is 2.79. The molecular weight excluding hydrogens is 310 g/mol. The number of carbonyl (C=O) groups excluding carboxylic acids is 1. The zero-order chi connectivity index (χ0) is 16.8. The van der Waals surface area contributed by atoms with Gasteiger partial charge in [0.25, 0.3) is 0 Å². The molecule has 0 amide bonds. The molecule has 0 bridgehead atoms. The Balaban J connectivity index is 2.32. The van der Waals surface area contributed by atoms with Crippen LogP contribution < -0.4 is 0 Å². The Kier molecular flexibility index (Phi) is 5.78. The van der Waals surface area contributed by atoms with Crippen molar-refractivity contribution < 1.29 is 9.53 Å². The molecule has 2 unspecified atom stereocenters. The fourth-order valence-electron chi connectivity index (χ4n) is 2.49. The molecule has 2 rings (SSSR count). The van der Waals surface area contributed by atoms with Crippen LogP contribution in [-0.4, -0.2) is 12.6 Å². The Bertz CT molecular complexity index is 719. The molecule has 2 atom stereocenters. The SMILES string of the molecule is CCOC(=O)C(c1ccc(-c2cccc(Cl)c2)cc1)C(C)C#N. The van der Waals surface area contributed by atoms with Crippen molar-refractivity contribution in [2.24, 2.45) is 5.92 Å². The van der Waals surface area contributed by atoms with Crippen LogP contribution in [0.15, 0.2) is 48.5 Å². The zero-order valence-corrected chi connectivity index (χ0v) is 13.9. The molecule has 0 aromatic heterocycles. The first-order chi connectivity index (χ1) is 11.1. The van der Waals surface area contributed by atoms with E-state index in [1.54, 1.807) is 13.8 Å². The Labute approximate surface area is 141 Å². The Morgan fingerprint density at radius 3 is 2.48 bits per heavy atom. The highest BCUT2D eigenvalue weighted by molar-refractivity contribution is 6.30. The number of esters is 1. The van der Waals surface area contributed by atoms with E-state index in [1.165, 1.54) is 0 Å². The van der Waals surface area contributed by atoms with Gasteiger partial charge in [-0.3, -0.25) is 4.79 Å². The summed E-state index contributed by atoms with van der Waals surface area (Å²) in [6, 6.07) is 17.3. The predicted octanol–water partition coefficient (Wildman–Crippen LogP) is 4.81. The number of nitrogens with zero attached hydrogens (tertiary/aromatic N) is 1. The number of hydrogen-bond acceptors (Lipinski definition) is 3. The lowest BCUT2D eigenvalue weighted by molar-refractivity contribution is -0.145. The molecule has 118 valence electrons. The van der Waals surface area contributed by atoms with Crippen LogP contribution in [0, 0.1) is 17.2 Å². The van der Waals surface area contributed by atoms with Crippen LogP contribution in [0.1, 0.15) is 25.3 Å². The van der Waals surface area contributed by atoms with E-state index in [1.807, 2.05) is 48.5 Å². The maximum Gasteiger partial charge on any atom is 0.314 e. The first kappa shape index (κ1) is 17.1. The summed E-state index contributed by atoms with van der Waals surface area (Å²) >= 11 is 6.02. The lowest BCUT2D eigenvalue weighted by Gasteiger charge is -2.18. The normalized spacial score (nSPS) is 13.0. The lowest BCUT2D eigenvalue weighted by atomic mass is 9.87. The Morgan fingerprint density at radius 2 is 1.91 bits per heavy atom. The van der Waals surface area contributed by atoms with Crippen molar-refractivity contribution in [2.45, 2.75) is 19.8 Å². The minimum absolute atomic E-state index is 0.300. The lowest BCUT2D eigenvalue weighted by Crippen LogP contribution is -2.21. The molecule has 4 heteroatoms. The van der Waals surface area contributed by atoms with Gasteiger partial charge in [0.05, 0.1) is 24.5 Å². The molecule has 2 aromatic rings. The minimum atomic E-state index is -0.576. The predicted molar refractivity (Wildman–Crippen MR) is 91.0 cm³/mol. The summed E-state index contributed by atoms with van der Waals surface area (Å²) in [5.74, 6) is -1.39. The molecular formula is C19H18ClNO2. The fraction of sp³-hybridized carbons (Fsp3) is 0.263. The second-order valence-corrected chi connectivity index (χ2v) is 5.72. The third kappa shape index (κ3) is 4.12. The van der Waals surface area contributed by atoms with Crippen molar-refractivity contribution in [1.29, 1.82) is 5.26 Å². The molecule has 0 heterocycles. The summed E-state index contributed by atoms with van der Waals surface area (Å²) in [5, 5.41) is 9.85. The van der Waals surface area contributed by atoms with Gasteiger partial charge in [0.1, 0.15) is 0 Å². The average Bonchev–Trinajstić information content (AvgIpc) is 2.56. The van der Waals surface area contributed by atoms with Crippen LogP contribution in [0.3, 0.4) is 0 Å². The number of halogens is 1. The largest absolute Gasteiger partial charge is 0.465 e. The molecule has 0 aliphatic carbocycles. The number of benzene rings is 2. The second-order valence-electron chi connectivity index (χ2n) is 5.28. The molecule has 0 aliphatic rings. The molecule has 0 saturated heterocycles. The highest BCUT2D eigenvalue weighted by atomic mass is 35.5. The minimum Gasteiger partial charge on any atom is -0.465 e. The van der Waals surface area contributed by atoms with Gasteiger partial charge in [0, 0.05) is 5.02 Å². The number of hydrogen-bond donors (Lipinski definition) is 0. The molecule has 0 saturated carbocycles. The molecule has 0 aliphatic heterocycles. The fourth-order valence-corrected chi connectivity index (χ4v) is 2.68. The second kappa shape index (κ2) is 7.80. The maximum atomic E-state index is 12.2. The molecule has 2 aromatic carbocycles. The molecule has 3 nitrogen and oxygen atoms in total. The third-order valence-electron chi connectivity index (χ3n) is 3.67. The van der Waals surface area contributed by atoms with E-state index in [-0.39, 0.29) is 5.97 Å². The van der Waals surface area contributed by atoms with Crippen LogP contribution >= 0.6 is 11.6 Å². The molecule has 0 N–H and O–H groups in total. The summed E-state index contributed by atoms with van der Waals surface area (Å²) < 4.78 is 5.10. The summed E-state index contributed by atoms with van der Waals surface area (Å²) in [4.78, 5) is 12.2. The quantitative estimate of drug-likeness (QED) is 0.740. The van der Waals surface area contributed by atoms with Crippen molar-refractivity contribution in [3.63, 3.8) is 0 Å². The van der Waals surface area contributed by atoms with Crippen molar-refractivity contribution in [3.8, 4) is 17.2 Å². The van der Waals surface area contributed by atoms with E-state index in [0.29, 0.717) is 11.6 Å². The van der Waals surface area contributed by atoms with Gasteiger partial charge in [-0.25, -0.2) is 0 Å². The highest BCUT2D eigenvalue weighted by Crippen LogP contribution is 2.29. The molecule has 0 spiro atoms. The van der Waals surface area contributed by atoms with Gasteiger partial charge in [0.15, 0.2) is 0 Å². The Morgan fingerprint density at radius 1 is 1.22 bits per heavy atom. The van der Waals surface area contributed by atoms with E-state index in [2.05, 4.69) is 6.07 Å². The van der Waals surface area contributed by atoms with Crippen molar-refractivity contribution in [1.82, 2.24) is 0 Å². The van der Waals surface area contributed by atoms with Crippen LogP contribution in [0.5, 0.6) is 0 Å². The first-order valence-electron chi connectivity index (χ1n) is 7.49. The van der Waals surface area contributed by atoms with Crippen LogP contribution in [0.4, 0.5) is 0 Å². The number of ether oxygens (including phenoxy) is 1. The van der Waals surface area contributed by atoms with Crippen LogP contribution in [0.2, 0.25) is 5.02 Å². The van der Waals surface area contributed by atoms with Gasteiger partial charge in [-0.2, -0.15) is 5.26 Å². The standard InChI is InChI=1S/C19H18ClNO2/c1-3-23-19(22)18(13(2)12-21)15-9-7-14(8-10-15)16-5-4-6-17(20)11-16/h4-11,13,18H,3H2,1-2H3. The van der Waals surface area contributed by atoms with Crippen molar-refractivity contribution >= 4 is 17.6 Å². The average molecular weight is 328 g/mol. The van der Waals surface area contributed by atoms with Gasteiger partial charge in [-0.1, -0.05) is 48.0 Å². The van der Waals surface area contributed by atoms with E-state index < -0.39 is 11.8 Å². The monoisotopic (exact) mass is 327 g/mol. The number of carbonyl (C=O) groups is 1. The van der Waals surface area contributed by atoms with Gasteiger partial charge in [-0.15, -0.1) is 0 Å². The van der Waals surface area contributed by atoms with Crippen LogP contribution in [-0.2, 0) is 9.53 Å². The first-order valence-corrected chi connectivity index (χ1v) is 7.86. The van der Waals surface area contributed by atoms with E-state index in [4.69, 9.17) is 16.3 Å². The third-order valence-corrected chi connectivity index (χ3v) is 3.91. The van der Waals surface area contributed by atoms with Gasteiger partial charge < -0.3 is 4.74 Å². The smallest absolute Gasteiger partial charge is 0.314 e. The van der Waals surface area contributed by atoms with Crippen LogP contribution in [0.25, 0.3) is 11.1 Å². The Hall–Kier alpha value is -2.31.